The summed E-state index contributed by atoms with van der Waals surface area (Å²) in [7, 11) is 0. The van der Waals surface area contributed by atoms with Gasteiger partial charge in [-0.2, -0.15) is 0 Å². The third-order valence-electron chi connectivity index (χ3n) is 6.70. The Kier molecular flexibility index (Phi) is 7.23. The number of carbonyl (C=O) groups excluding carboxylic acids is 3. The van der Waals surface area contributed by atoms with Gasteiger partial charge in [-0.1, -0.05) is 34.7 Å². The van der Waals surface area contributed by atoms with Gasteiger partial charge in [0.15, 0.2) is 0 Å². The van der Waals surface area contributed by atoms with Gasteiger partial charge in [0, 0.05) is 22.2 Å². The fraction of sp³-hybridized carbons (Fsp3) is 0.696. The molecular weight excluding hydrogens is 496 g/mol. The molecule has 1 spiro atoms. The number of rotatable bonds is 8. The summed E-state index contributed by atoms with van der Waals surface area (Å²) in [5, 5.41) is 9.77. The number of ether oxygens (including phenoxy) is 1. The van der Waals surface area contributed by atoms with E-state index < -0.39 is 40.2 Å². The number of halogens is 1. The van der Waals surface area contributed by atoms with E-state index in [1.54, 1.807) is 29.7 Å². The molecule has 3 unspecified atom stereocenters. The summed E-state index contributed by atoms with van der Waals surface area (Å²) in [6.45, 7) is 15.1. The van der Waals surface area contributed by atoms with E-state index in [-0.39, 0.29) is 35.1 Å². The molecule has 3 saturated heterocycles. The molecule has 32 heavy (non-hydrogen) atoms. The Labute approximate surface area is 202 Å². The molecule has 0 saturated carbocycles. The van der Waals surface area contributed by atoms with E-state index in [0.717, 1.165) is 0 Å². The van der Waals surface area contributed by atoms with Gasteiger partial charge in [-0.05, 0) is 34.1 Å². The highest BCUT2D eigenvalue weighted by Crippen LogP contribution is 2.68. The Bertz CT molecular complexity index is 815. The highest BCUT2D eigenvalue weighted by atomic mass is 79.9. The molecule has 0 aromatic rings. The first-order valence-electron chi connectivity index (χ1n) is 10.9. The monoisotopic (exact) mass is 528 g/mol. The van der Waals surface area contributed by atoms with Crippen LogP contribution in [-0.2, 0) is 19.1 Å². The number of thioether (sulfide) groups is 1. The van der Waals surface area contributed by atoms with Gasteiger partial charge in [0.1, 0.15) is 12.6 Å². The van der Waals surface area contributed by atoms with Crippen molar-refractivity contribution in [2.75, 3.05) is 19.8 Å². The molecule has 7 atom stereocenters. The second kappa shape index (κ2) is 9.14. The van der Waals surface area contributed by atoms with Gasteiger partial charge >= 0.3 is 5.97 Å². The zero-order valence-electron chi connectivity index (χ0n) is 19.1. The Morgan fingerprint density at radius 2 is 2.06 bits per heavy atom. The van der Waals surface area contributed by atoms with E-state index in [1.165, 1.54) is 11.0 Å². The molecule has 0 aliphatic carbocycles. The molecule has 0 aromatic heterocycles. The van der Waals surface area contributed by atoms with Gasteiger partial charge in [0.2, 0.25) is 11.8 Å². The minimum atomic E-state index is -0.784. The molecular formula is C23H33BrN2O5S. The number of esters is 1. The van der Waals surface area contributed by atoms with E-state index in [0.29, 0.717) is 13.0 Å². The van der Waals surface area contributed by atoms with Gasteiger partial charge in [-0.15, -0.1) is 18.3 Å². The molecule has 3 rings (SSSR count). The van der Waals surface area contributed by atoms with Crippen molar-refractivity contribution < 1.29 is 24.2 Å². The predicted molar refractivity (Wildman–Crippen MR) is 128 cm³/mol. The van der Waals surface area contributed by atoms with Crippen LogP contribution in [0.15, 0.2) is 25.3 Å². The van der Waals surface area contributed by atoms with Crippen LogP contribution in [0.1, 0.15) is 34.1 Å². The number of carbonyl (C=O) groups is 3. The van der Waals surface area contributed by atoms with Crippen molar-refractivity contribution >= 4 is 45.5 Å². The average Bonchev–Trinajstić information content (AvgIpc) is 3.31. The molecule has 2 bridgehead atoms. The van der Waals surface area contributed by atoms with Crippen molar-refractivity contribution in [1.29, 1.82) is 0 Å². The number of aliphatic hydroxyl groups is 1. The van der Waals surface area contributed by atoms with Gasteiger partial charge in [0.25, 0.3) is 0 Å². The zero-order valence-corrected chi connectivity index (χ0v) is 21.5. The standard InChI is InChI=1S/C23H33BrN2O5S/c1-7-9-25(22(4,5)6)20(29)18-23-11-14(24)17(32-23)15(21(30)31-10-8-2)16(23)19(28)26(18)13(3)12-27/h7-8,13-18,27H,1-2,9-12H2,3-6H3/t13-,14?,15+,16+,17+,18?,23?/m1/s1. The van der Waals surface area contributed by atoms with E-state index >= 15 is 0 Å². The maximum atomic E-state index is 14.1. The van der Waals surface area contributed by atoms with Crippen LogP contribution in [-0.4, -0.2) is 84.9 Å². The zero-order chi connectivity index (χ0) is 24.0. The van der Waals surface area contributed by atoms with Crippen molar-refractivity contribution in [3.8, 4) is 0 Å². The number of hydrogen-bond acceptors (Lipinski definition) is 6. The smallest absolute Gasteiger partial charge is 0.311 e. The van der Waals surface area contributed by atoms with Crippen molar-refractivity contribution in [2.24, 2.45) is 11.8 Å². The largest absolute Gasteiger partial charge is 0.461 e. The lowest BCUT2D eigenvalue weighted by Gasteiger charge is -2.43. The van der Waals surface area contributed by atoms with Crippen LogP contribution >= 0.6 is 27.7 Å². The fourth-order valence-corrected chi connectivity index (χ4v) is 8.97. The second-order valence-electron chi connectivity index (χ2n) is 9.77. The van der Waals surface area contributed by atoms with Crippen molar-refractivity contribution in [3.05, 3.63) is 25.3 Å². The van der Waals surface area contributed by atoms with Crippen LogP contribution in [0.3, 0.4) is 0 Å². The molecule has 3 fully saturated rings. The summed E-state index contributed by atoms with van der Waals surface area (Å²) in [6.07, 6.45) is 3.76. The average molecular weight is 529 g/mol. The van der Waals surface area contributed by atoms with Gasteiger partial charge in [-0.25, -0.2) is 0 Å². The van der Waals surface area contributed by atoms with Crippen molar-refractivity contribution in [2.45, 2.75) is 66.6 Å². The predicted octanol–water partition coefficient (Wildman–Crippen LogP) is 2.37. The van der Waals surface area contributed by atoms with Gasteiger partial charge in [0.05, 0.1) is 29.2 Å². The minimum Gasteiger partial charge on any atom is -0.461 e. The summed E-state index contributed by atoms with van der Waals surface area (Å²) in [4.78, 5) is 44.1. The summed E-state index contributed by atoms with van der Waals surface area (Å²) in [5.41, 5.74) is -0.492. The number of alkyl halides is 1. The molecule has 9 heteroatoms. The van der Waals surface area contributed by atoms with Crippen LogP contribution in [0.4, 0.5) is 0 Å². The Hall–Kier alpha value is -1.32. The summed E-state index contributed by atoms with van der Waals surface area (Å²) in [6, 6.07) is -1.34. The van der Waals surface area contributed by atoms with Gasteiger partial charge < -0.3 is 19.6 Å². The SMILES string of the molecule is C=CCOC(=O)[C@H]1[C@H]2C(=O)N([C@H](C)CO)C(C(=O)N(CC=C)C(C)(C)C)C23CC(Br)[C@@H]1S3. The number of amides is 2. The normalized spacial score (nSPS) is 34.2. The number of aliphatic hydroxyl groups excluding tert-OH is 1. The summed E-state index contributed by atoms with van der Waals surface area (Å²) in [5.74, 6) is -2.19. The quantitative estimate of drug-likeness (QED) is 0.295. The lowest BCUT2D eigenvalue weighted by atomic mass is 9.71. The molecule has 0 aromatic carbocycles. The lowest BCUT2D eigenvalue weighted by Crippen LogP contribution is -2.60. The van der Waals surface area contributed by atoms with Crippen LogP contribution in [0.5, 0.6) is 0 Å². The Morgan fingerprint density at radius 1 is 1.41 bits per heavy atom. The molecule has 0 radical (unpaired) electrons. The summed E-state index contributed by atoms with van der Waals surface area (Å²) < 4.78 is 4.60. The lowest BCUT2D eigenvalue weighted by molar-refractivity contribution is -0.153. The molecule has 178 valence electrons. The summed E-state index contributed by atoms with van der Waals surface area (Å²) >= 11 is 5.27. The van der Waals surface area contributed by atoms with Crippen LogP contribution in [0.25, 0.3) is 0 Å². The number of likely N-dealkylation sites (tertiary alicyclic amines) is 1. The van der Waals surface area contributed by atoms with Crippen molar-refractivity contribution in [3.63, 3.8) is 0 Å². The van der Waals surface area contributed by atoms with Crippen molar-refractivity contribution in [1.82, 2.24) is 9.80 Å². The first kappa shape index (κ1) is 25.3. The third-order valence-corrected chi connectivity index (χ3v) is 9.92. The highest BCUT2D eigenvalue weighted by molar-refractivity contribution is 9.09. The third kappa shape index (κ3) is 3.84. The van der Waals surface area contributed by atoms with E-state index in [2.05, 4.69) is 29.1 Å². The molecule has 2 amide bonds. The molecule has 1 N–H and O–H groups in total. The Balaban J connectivity index is 2.11. The Morgan fingerprint density at radius 3 is 2.59 bits per heavy atom. The first-order valence-corrected chi connectivity index (χ1v) is 12.7. The maximum Gasteiger partial charge on any atom is 0.311 e. The minimum absolute atomic E-state index is 0.0278. The second-order valence-corrected chi connectivity index (χ2v) is 12.5. The van der Waals surface area contributed by atoms with E-state index in [9.17, 15) is 19.5 Å². The first-order chi connectivity index (χ1) is 15.0. The molecule has 3 aliphatic heterocycles. The van der Waals surface area contributed by atoms with Crippen LogP contribution in [0, 0.1) is 11.8 Å². The molecule has 3 heterocycles. The number of nitrogens with zero attached hydrogens (tertiary/aromatic N) is 2. The number of fused-ring (bicyclic) bond motifs is 1. The number of hydrogen-bond donors (Lipinski definition) is 1. The van der Waals surface area contributed by atoms with Gasteiger partial charge in [-0.3, -0.25) is 14.4 Å². The molecule has 3 aliphatic rings. The molecule has 7 nitrogen and oxygen atoms in total. The fourth-order valence-electron chi connectivity index (χ4n) is 5.39. The topological polar surface area (TPSA) is 87.1 Å². The van der Waals surface area contributed by atoms with Crippen LogP contribution in [0.2, 0.25) is 0 Å². The van der Waals surface area contributed by atoms with E-state index in [4.69, 9.17) is 4.74 Å². The highest BCUT2D eigenvalue weighted by Gasteiger charge is 2.76. The van der Waals surface area contributed by atoms with Crippen LogP contribution < -0.4 is 0 Å². The van der Waals surface area contributed by atoms with E-state index in [1.807, 2.05) is 20.8 Å². The maximum absolute atomic E-state index is 14.1.